The van der Waals surface area contributed by atoms with E-state index in [2.05, 4.69) is 27.0 Å². The van der Waals surface area contributed by atoms with Crippen LogP contribution in [-0.2, 0) is 12.3 Å². The maximum Gasteiger partial charge on any atom is 0.251 e. The molecule has 0 spiro atoms. The van der Waals surface area contributed by atoms with Crippen molar-refractivity contribution in [1.29, 1.82) is 0 Å². The van der Waals surface area contributed by atoms with Gasteiger partial charge in [0.1, 0.15) is 5.75 Å². The van der Waals surface area contributed by atoms with E-state index in [1.54, 1.807) is 25.1 Å². The first-order valence-corrected chi connectivity index (χ1v) is 11.5. The van der Waals surface area contributed by atoms with Crippen LogP contribution in [0.4, 0.5) is 0 Å². The summed E-state index contributed by atoms with van der Waals surface area (Å²) in [5.74, 6) is 1.59. The number of thioether (sulfide) groups is 1. The molecule has 0 aliphatic heterocycles. The molecule has 4 rings (SSSR count). The minimum absolute atomic E-state index is 0.0560. The van der Waals surface area contributed by atoms with Gasteiger partial charge in [-0.05, 0) is 55.3 Å². The summed E-state index contributed by atoms with van der Waals surface area (Å²) in [6, 6.07) is 17.9. The number of fused-ring (bicyclic) bond motifs is 1. The molecule has 0 bridgehead atoms. The average molecular weight is 447 g/mol. The van der Waals surface area contributed by atoms with E-state index in [1.165, 1.54) is 5.56 Å². The van der Waals surface area contributed by atoms with Gasteiger partial charge >= 0.3 is 0 Å². The number of hydrogen-bond acceptors (Lipinski definition) is 5. The molecule has 0 radical (unpaired) electrons. The van der Waals surface area contributed by atoms with Crippen molar-refractivity contribution in [2.24, 2.45) is 0 Å². The Morgan fingerprint density at radius 3 is 2.47 bits per heavy atom. The molecule has 4 aromatic rings. The first-order valence-electron chi connectivity index (χ1n) is 10.5. The van der Waals surface area contributed by atoms with Crippen LogP contribution in [0, 0.1) is 0 Å². The number of imidazole rings is 1. The number of methoxy groups -OCH3 is 1. The molecule has 164 valence electrons. The minimum Gasteiger partial charge on any atom is -0.497 e. The third-order valence-electron chi connectivity index (χ3n) is 5.02. The molecule has 0 saturated carbocycles. The molecule has 1 amide bonds. The van der Waals surface area contributed by atoms with E-state index in [-0.39, 0.29) is 11.9 Å². The van der Waals surface area contributed by atoms with E-state index in [4.69, 9.17) is 9.72 Å². The largest absolute Gasteiger partial charge is 0.497 e. The molecule has 7 heteroatoms. The highest BCUT2D eigenvalue weighted by Gasteiger charge is 2.13. The van der Waals surface area contributed by atoms with Crippen LogP contribution in [-0.4, -0.2) is 33.6 Å². The summed E-state index contributed by atoms with van der Waals surface area (Å²) in [6.07, 6.45) is 3.62. The molecule has 2 heterocycles. The van der Waals surface area contributed by atoms with Crippen LogP contribution in [0.2, 0.25) is 0 Å². The maximum atomic E-state index is 12.2. The number of pyridine rings is 1. The van der Waals surface area contributed by atoms with E-state index in [1.807, 2.05) is 62.5 Å². The Labute approximate surface area is 192 Å². The summed E-state index contributed by atoms with van der Waals surface area (Å²) in [6.45, 7) is 4.56. The summed E-state index contributed by atoms with van der Waals surface area (Å²) in [5, 5.41) is 3.86. The normalized spacial score (nSPS) is 11.1. The molecule has 1 N–H and O–H groups in total. The lowest BCUT2D eigenvalue weighted by Gasteiger charge is -2.11. The van der Waals surface area contributed by atoms with Crippen molar-refractivity contribution >= 4 is 28.7 Å². The lowest BCUT2D eigenvalue weighted by atomic mass is 10.1. The van der Waals surface area contributed by atoms with Crippen LogP contribution in [0.1, 0.15) is 35.3 Å². The van der Waals surface area contributed by atoms with Gasteiger partial charge in [0.15, 0.2) is 5.16 Å². The van der Waals surface area contributed by atoms with Gasteiger partial charge in [0.2, 0.25) is 0 Å². The van der Waals surface area contributed by atoms with Crippen molar-refractivity contribution in [3.63, 3.8) is 0 Å². The van der Waals surface area contributed by atoms with Gasteiger partial charge in [-0.15, -0.1) is 0 Å². The molecule has 0 aliphatic carbocycles. The number of nitrogens with one attached hydrogen (secondary N) is 1. The van der Waals surface area contributed by atoms with Gasteiger partial charge in [-0.1, -0.05) is 36.0 Å². The number of benzene rings is 2. The Kier molecular flexibility index (Phi) is 6.75. The zero-order valence-corrected chi connectivity index (χ0v) is 19.2. The fraction of sp³-hybridized carbons (Fsp3) is 0.240. The lowest BCUT2D eigenvalue weighted by molar-refractivity contribution is 0.0943. The van der Waals surface area contributed by atoms with Gasteiger partial charge in [-0.2, -0.15) is 0 Å². The number of rotatable bonds is 8. The number of hydrogen-bond donors (Lipinski definition) is 1. The zero-order valence-electron chi connectivity index (χ0n) is 18.4. The van der Waals surface area contributed by atoms with Crippen molar-refractivity contribution in [1.82, 2.24) is 19.9 Å². The third kappa shape index (κ3) is 5.11. The Morgan fingerprint density at radius 1 is 1.06 bits per heavy atom. The number of amides is 1. The van der Waals surface area contributed by atoms with Crippen LogP contribution in [0.3, 0.4) is 0 Å². The average Bonchev–Trinajstić information content (AvgIpc) is 3.15. The van der Waals surface area contributed by atoms with E-state index < -0.39 is 0 Å². The molecule has 0 atom stereocenters. The van der Waals surface area contributed by atoms with E-state index in [9.17, 15) is 4.79 Å². The van der Waals surface area contributed by atoms with Crippen LogP contribution < -0.4 is 10.1 Å². The van der Waals surface area contributed by atoms with Crippen molar-refractivity contribution in [2.45, 2.75) is 37.3 Å². The first kappa shape index (κ1) is 21.9. The summed E-state index contributed by atoms with van der Waals surface area (Å²) in [5.41, 5.74) is 4.87. The van der Waals surface area contributed by atoms with Crippen LogP contribution >= 0.6 is 11.8 Å². The minimum atomic E-state index is -0.0560. The summed E-state index contributed by atoms with van der Waals surface area (Å²) < 4.78 is 7.42. The number of aromatic nitrogens is 3. The smallest absolute Gasteiger partial charge is 0.251 e. The van der Waals surface area contributed by atoms with E-state index in [0.29, 0.717) is 12.1 Å². The number of ether oxygens (including phenoxy) is 1. The topological polar surface area (TPSA) is 69.0 Å². The third-order valence-corrected chi connectivity index (χ3v) is 6.07. The van der Waals surface area contributed by atoms with Gasteiger partial charge in [0.05, 0.1) is 30.9 Å². The molecule has 0 fully saturated rings. The highest BCUT2D eigenvalue weighted by atomic mass is 32.2. The van der Waals surface area contributed by atoms with Crippen molar-refractivity contribution in [3.05, 3.63) is 83.7 Å². The predicted molar refractivity (Wildman–Crippen MR) is 128 cm³/mol. The first-order chi connectivity index (χ1) is 15.5. The molecule has 0 saturated heterocycles. The molecule has 6 nitrogen and oxygen atoms in total. The van der Waals surface area contributed by atoms with Crippen LogP contribution in [0.15, 0.2) is 72.1 Å². The van der Waals surface area contributed by atoms with E-state index in [0.717, 1.165) is 33.3 Å². The molecule has 32 heavy (non-hydrogen) atoms. The second-order valence-corrected chi connectivity index (χ2v) is 8.75. The monoisotopic (exact) mass is 446 g/mol. The standard InChI is InChI=1S/C25H26N4O2S/c1-17(2)27-24(30)20-8-4-18(5-9-20)15-29-23-14-26-13-12-22(23)28-25(29)32-16-19-6-10-21(31-3)11-7-19/h4-14,17H,15-16H2,1-3H3,(H,27,30). The Morgan fingerprint density at radius 2 is 1.78 bits per heavy atom. The van der Waals surface area contributed by atoms with Crippen molar-refractivity contribution in [3.8, 4) is 5.75 Å². The molecule has 2 aromatic heterocycles. The fourth-order valence-electron chi connectivity index (χ4n) is 3.37. The van der Waals surface area contributed by atoms with Gasteiger partial charge in [0.25, 0.3) is 5.91 Å². The summed E-state index contributed by atoms with van der Waals surface area (Å²) in [7, 11) is 1.67. The summed E-state index contributed by atoms with van der Waals surface area (Å²) in [4.78, 5) is 21.4. The zero-order chi connectivity index (χ0) is 22.5. The van der Waals surface area contributed by atoms with E-state index >= 15 is 0 Å². The van der Waals surface area contributed by atoms with Gasteiger partial charge in [-0.3, -0.25) is 9.78 Å². The van der Waals surface area contributed by atoms with Crippen LogP contribution in [0.5, 0.6) is 5.75 Å². The SMILES string of the molecule is COc1ccc(CSc2nc3ccncc3n2Cc2ccc(C(=O)NC(C)C)cc2)cc1. The second kappa shape index (κ2) is 9.87. The quantitative estimate of drug-likeness (QED) is 0.389. The molecular weight excluding hydrogens is 420 g/mol. The van der Waals surface area contributed by atoms with Crippen LogP contribution in [0.25, 0.3) is 11.0 Å². The van der Waals surface area contributed by atoms with Gasteiger partial charge in [-0.25, -0.2) is 4.98 Å². The Balaban J connectivity index is 1.55. The number of carbonyl (C=O) groups is 1. The predicted octanol–water partition coefficient (Wildman–Crippen LogP) is 4.92. The maximum absolute atomic E-state index is 12.2. The lowest BCUT2D eigenvalue weighted by Crippen LogP contribution is -2.29. The van der Waals surface area contributed by atoms with Crippen molar-refractivity contribution in [2.75, 3.05) is 7.11 Å². The highest BCUT2D eigenvalue weighted by Crippen LogP contribution is 2.28. The fourth-order valence-corrected chi connectivity index (χ4v) is 4.34. The summed E-state index contributed by atoms with van der Waals surface area (Å²) >= 11 is 1.69. The molecule has 0 unspecified atom stereocenters. The second-order valence-electron chi connectivity index (χ2n) is 7.81. The number of carbonyl (C=O) groups excluding carboxylic acids is 1. The highest BCUT2D eigenvalue weighted by molar-refractivity contribution is 7.98. The number of nitrogens with zero attached hydrogens (tertiary/aromatic N) is 3. The van der Waals surface area contributed by atoms with Gasteiger partial charge < -0.3 is 14.6 Å². The molecule has 0 aliphatic rings. The molecular formula is C25H26N4O2S. The Hall–Kier alpha value is -3.32. The Bertz CT molecular complexity index is 1200. The van der Waals surface area contributed by atoms with Gasteiger partial charge in [0, 0.05) is 23.6 Å². The van der Waals surface area contributed by atoms with Crippen molar-refractivity contribution < 1.29 is 9.53 Å². The molecule has 2 aromatic carbocycles.